The monoisotopic (exact) mass is 316 g/mol. The summed E-state index contributed by atoms with van der Waals surface area (Å²) in [6.07, 6.45) is -0.313. The second-order valence-corrected chi connectivity index (χ2v) is 5.66. The lowest BCUT2D eigenvalue weighted by molar-refractivity contribution is -0.126. The quantitative estimate of drug-likeness (QED) is 0.861. The largest absolute Gasteiger partial charge is 0.489 e. The summed E-state index contributed by atoms with van der Waals surface area (Å²) in [4.78, 5) is 12.3. The molecule has 2 atom stereocenters. The molecule has 1 amide bonds. The van der Waals surface area contributed by atoms with Gasteiger partial charge in [-0.15, -0.1) is 0 Å². The van der Waals surface area contributed by atoms with Crippen molar-refractivity contribution in [3.8, 4) is 5.75 Å². The number of rotatable bonds is 6. The summed E-state index contributed by atoms with van der Waals surface area (Å²) in [6.45, 7) is 3.73. The molecule has 0 fully saturated rings. The zero-order valence-electron chi connectivity index (χ0n) is 13.3. The standard InChI is InChI=1S/C18H21FN2O2/c1-13(23-16-10-6-9-15(19)11-16)12-21-17(22)18(2,20)14-7-4-3-5-8-14/h3-11,13H,12,20H2,1-2H3,(H,21,22). The molecular formula is C18H21FN2O2. The van der Waals surface area contributed by atoms with E-state index in [0.717, 1.165) is 5.56 Å². The molecular weight excluding hydrogens is 295 g/mol. The van der Waals surface area contributed by atoms with Gasteiger partial charge in [0.05, 0.1) is 6.54 Å². The van der Waals surface area contributed by atoms with E-state index in [9.17, 15) is 9.18 Å². The molecule has 0 spiro atoms. The molecule has 2 aromatic carbocycles. The fourth-order valence-electron chi connectivity index (χ4n) is 2.15. The molecule has 0 saturated heterocycles. The van der Waals surface area contributed by atoms with Gasteiger partial charge in [-0.3, -0.25) is 4.79 Å². The average molecular weight is 316 g/mol. The number of ether oxygens (including phenoxy) is 1. The highest BCUT2D eigenvalue weighted by Gasteiger charge is 2.30. The Kier molecular flexibility index (Phi) is 5.34. The van der Waals surface area contributed by atoms with Crippen molar-refractivity contribution < 1.29 is 13.9 Å². The minimum Gasteiger partial charge on any atom is -0.489 e. The molecule has 4 nitrogen and oxygen atoms in total. The fourth-order valence-corrected chi connectivity index (χ4v) is 2.15. The molecule has 0 aliphatic heterocycles. The van der Waals surface area contributed by atoms with Gasteiger partial charge in [0.25, 0.3) is 0 Å². The van der Waals surface area contributed by atoms with Crippen LogP contribution in [0.3, 0.4) is 0 Å². The third-order valence-electron chi connectivity index (χ3n) is 3.53. The smallest absolute Gasteiger partial charge is 0.244 e. The number of carbonyl (C=O) groups excluding carboxylic acids is 1. The van der Waals surface area contributed by atoms with Crippen molar-refractivity contribution in [3.63, 3.8) is 0 Å². The predicted octanol–water partition coefficient (Wildman–Crippen LogP) is 2.58. The summed E-state index contributed by atoms with van der Waals surface area (Å²) < 4.78 is 18.7. The molecule has 0 aliphatic rings. The lowest BCUT2D eigenvalue weighted by Gasteiger charge is -2.25. The van der Waals surface area contributed by atoms with Gasteiger partial charge in [0.15, 0.2) is 0 Å². The maximum Gasteiger partial charge on any atom is 0.244 e. The highest BCUT2D eigenvalue weighted by atomic mass is 19.1. The highest BCUT2D eigenvalue weighted by molar-refractivity contribution is 5.86. The summed E-state index contributed by atoms with van der Waals surface area (Å²) in [5.74, 6) is -0.235. The first-order valence-corrected chi connectivity index (χ1v) is 7.44. The van der Waals surface area contributed by atoms with Crippen LogP contribution in [0.1, 0.15) is 19.4 Å². The van der Waals surface area contributed by atoms with E-state index in [0.29, 0.717) is 5.75 Å². The Balaban J connectivity index is 1.91. The molecule has 5 heteroatoms. The van der Waals surface area contributed by atoms with Gasteiger partial charge < -0.3 is 15.8 Å². The van der Waals surface area contributed by atoms with Crippen molar-refractivity contribution in [2.75, 3.05) is 6.54 Å². The van der Waals surface area contributed by atoms with Crippen molar-refractivity contribution >= 4 is 5.91 Å². The maximum absolute atomic E-state index is 13.1. The Morgan fingerprint density at radius 2 is 1.96 bits per heavy atom. The van der Waals surface area contributed by atoms with E-state index in [4.69, 9.17) is 10.5 Å². The minimum absolute atomic E-state index is 0.273. The van der Waals surface area contributed by atoms with Gasteiger partial charge >= 0.3 is 0 Å². The molecule has 0 saturated carbocycles. The summed E-state index contributed by atoms with van der Waals surface area (Å²) in [6, 6.07) is 15.0. The van der Waals surface area contributed by atoms with E-state index < -0.39 is 5.54 Å². The van der Waals surface area contributed by atoms with Gasteiger partial charge in [-0.25, -0.2) is 4.39 Å². The first-order valence-electron chi connectivity index (χ1n) is 7.44. The summed E-state index contributed by atoms with van der Waals surface area (Å²) in [5, 5.41) is 2.77. The Morgan fingerprint density at radius 3 is 2.61 bits per heavy atom. The molecule has 23 heavy (non-hydrogen) atoms. The molecule has 0 radical (unpaired) electrons. The van der Waals surface area contributed by atoms with E-state index in [-0.39, 0.29) is 24.4 Å². The van der Waals surface area contributed by atoms with Crippen molar-refractivity contribution in [1.29, 1.82) is 0 Å². The molecule has 0 heterocycles. The number of carbonyl (C=O) groups is 1. The van der Waals surface area contributed by atoms with E-state index in [2.05, 4.69) is 5.32 Å². The summed E-state index contributed by atoms with van der Waals surface area (Å²) in [7, 11) is 0. The molecule has 122 valence electrons. The molecule has 2 unspecified atom stereocenters. The van der Waals surface area contributed by atoms with Crippen molar-refractivity contribution in [2.24, 2.45) is 5.73 Å². The van der Waals surface area contributed by atoms with E-state index in [1.165, 1.54) is 12.1 Å². The minimum atomic E-state index is -1.13. The number of halogens is 1. The Labute approximate surface area is 135 Å². The van der Waals surface area contributed by atoms with Crippen molar-refractivity contribution in [3.05, 3.63) is 66.0 Å². The van der Waals surface area contributed by atoms with Crippen LogP contribution in [0.5, 0.6) is 5.75 Å². The van der Waals surface area contributed by atoms with Crippen LogP contribution in [0.4, 0.5) is 4.39 Å². The van der Waals surface area contributed by atoms with Crippen LogP contribution in [0.15, 0.2) is 54.6 Å². The van der Waals surface area contributed by atoms with Gasteiger partial charge in [0, 0.05) is 6.07 Å². The lowest BCUT2D eigenvalue weighted by atomic mass is 9.92. The molecule has 0 bridgehead atoms. The highest BCUT2D eigenvalue weighted by Crippen LogP contribution is 2.17. The Bertz CT molecular complexity index is 659. The lowest BCUT2D eigenvalue weighted by Crippen LogP contribution is -2.50. The summed E-state index contributed by atoms with van der Waals surface area (Å²) >= 11 is 0. The molecule has 3 N–H and O–H groups in total. The fraction of sp³-hybridized carbons (Fsp3) is 0.278. The van der Waals surface area contributed by atoms with Crippen LogP contribution in [-0.2, 0) is 10.3 Å². The Hall–Kier alpha value is -2.40. The van der Waals surface area contributed by atoms with Crippen LogP contribution in [0, 0.1) is 5.82 Å². The predicted molar refractivity (Wildman–Crippen MR) is 87.5 cm³/mol. The van der Waals surface area contributed by atoms with Gasteiger partial charge in [0.2, 0.25) is 5.91 Å². The van der Waals surface area contributed by atoms with E-state index in [1.54, 1.807) is 26.0 Å². The van der Waals surface area contributed by atoms with E-state index >= 15 is 0 Å². The molecule has 0 aliphatic carbocycles. The first-order chi connectivity index (χ1) is 10.9. The first kappa shape index (κ1) is 17.0. The molecule has 2 rings (SSSR count). The maximum atomic E-state index is 13.1. The van der Waals surface area contributed by atoms with Crippen LogP contribution in [-0.4, -0.2) is 18.6 Å². The normalized spacial score (nSPS) is 14.6. The Morgan fingerprint density at radius 1 is 1.26 bits per heavy atom. The number of hydrogen-bond donors (Lipinski definition) is 2. The molecule has 0 aromatic heterocycles. The van der Waals surface area contributed by atoms with Crippen molar-refractivity contribution in [1.82, 2.24) is 5.32 Å². The van der Waals surface area contributed by atoms with Gasteiger partial charge in [-0.05, 0) is 31.5 Å². The number of hydrogen-bond acceptors (Lipinski definition) is 3. The second kappa shape index (κ2) is 7.24. The zero-order chi connectivity index (χ0) is 16.9. The molecule has 2 aromatic rings. The third-order valence-corrected chi connectivity index (χ3v) is 3.53. The third kappa shape index (κ3) is 4.53. The van der Waals surface area contributed by atoms with Crippen LogP contribution < -0.4 is 15.8 Å². The SMILES string of the molecule is CC(CNC(=O)C(C)(N)c1ccccc1)Oc1cccc(F)c1. The van der Waals surface area contributed by atoms with Gasteiger partial charge in [-0.2, -0.15) is 0 Å². The number of amides is 1. The average Bonchev–Trinajstić information content (AvgIpc) is 2.53. The van der Waals surface area contributed by atoms with Crippen molar-refractivity contribution in [2.45, 2.75) is 25.5 Å². The second-order valence-electron chi connectivity index (χ2n) is 5.66. The van der Waals surface area contributed by atoms with Gasteiger partial charge in [-0.1, -0.05) is 36.4 Å². The van der Waals surface area contributed by atoms with Crippen LogP contribution in [0.2, 0.25) is 0 Å². The van der Waals surface area contributed by atoms with Crippen LogP contribution >= 0.6 is 0 Å². The van der Waals surface area contributed by atoms with Gasteiger partial charge in [0.1, 0.15) is 23.2 Å². The van der Waals surface area contributed by atoms with E-state index in [1.807, 2.05) is 30.3 Å². The summed E-state index contributed by atoms with van der Waals surface area (Å²) in [5.41, 5.74) is 5.75. The number of nitrogens with one attached hydrogen (secondary N) is 1. The number of nitrogens with two attached hydrogens (primary N) is 1. The number of benzene rings is 2. The topological polar surface area (TPSA) is 64.4 Å². The van der Waals surface area contributed by atoms with Crippen LogP contribution in [0.25, 0.3) is 0 Å². The zero-order valence-corrected chi connectivity index (χ0v) is 13.3.